The molecule has 0 saturated carbocycles. The van der Waals surface area contributed by atoms with Crippen molar-refractivity contribution in [3.8, 4) is 17.3 Å². The molecular formula is C19H18N4O3. The number of ether oxygens (including phenoxy) is 1. The highest BCUT2D eigenvalue weighted by Crippen LogP contribution is 2.29. The van der Waals surface area contributed by atoms with E-state index >= 15 is 0 Å². The number of nitrogens with zero attached hydrogens (tertiary/aromatic N) is 4. The van der Waals surface area contributed by atoms with Crippen molar-refractivity contribution in [2.75, 3.05) is 13.7 Å². The highest BCUT2D eigenvalue weighted by Gasteiger charge is 2.33. The van der Waals surface area contributed by atoms with Gasteiger partial charge in [0.15, 0.2) is 5.82 Å². The normalized spacial score (nSPS) is 16.9. The maximum absolute atomic E-state index is 12.4. The predicted molar refractivity (Wildman–Crippen MR) is 93.3 cm³/mol. The van der Waals surface area contributed by atoms with Crippen LogP contribution in [-0.2, 0) is 11.3 Å². The van der Waals surface area contributed by atoms with Gasteiger partial charge in [-0.1, -0.05) is 23.4 Å². The third kappa shape index (κ3) is 3.28. The zero-order valence-electron chi connectivity index (χ0n) is 14.3. The molecule has 3 heterocycles. The van der Waals surface area contributed by atoms with E-state index in [-0.39, 0.29) is 11.8 Å². The maximum atomic E-state index is 12.4. The van der Waals surface area contributed by atoms with E-state index in [4.69, 9.17) is 9.26 Å². The third-order valence-corrected chi connectivity index (χ3v) is 4.41. The van der Waals surface area contributed by atoms with Crippen LogP contribution < -0.4 is 4.74 Å². The van der Waals surface area contributed by atoms with Crippen LogP contribution in [0.15, 0.2) is 53.2 Å². The molecule has 7 heteroatoms. The van der Waals surface area contributed by atoms with E-state index in [1.807, 2.05) is 47.4 Å². The molecule has 1 unspecified atom stereocenters. The lowest BCUT2D eigenvalue weighted by Gasteiger charge is -2.16. The molecule has 2 aromatic heterocycles. The summed E-state index contributed by atoms with van der Waals surface area (Å²) in [6, 6.07) is 13.2. The zero-order chi connectivity index (χ0) is 17.9. The van der Waals surface area contributed by atoms with Crippen LogP contribution in [0.25, 0.3) is 11.6 Å². The standard InChI is InChI=1S/C19H18N4O3/c1-25-15-6-4-5-13(9-15)11-23-12-14(10-17(23)24)18-21-19(26-22-18)16-7-2-3-8-20-16/h2-9,14H,10-12H2,1H3. The van der Waals surface area contributed by atoms with Crippen molar-refractivity contribution in [1.29, 1.82) is 0 Å². The van der Waals surface area contributed by atoms with Gasteiger partial charge in [0.05, 0.1) is 7.11 Å². The van der Waals surface area contributed by atoms with Gasteiger partial charge < -0.3 is 14.2 Å². The Morgan fingerprint density at radius 2 is 2.19 bits per heavy atom. The Balaban J connectivity index is 1.47. The first kappa shape index (κ1) is 16.3. The number of amides is 1. The number of benzene rings is 1. The summed E-state index contributed by atoms with van der Waals surface area (Å²) in [6.45, 7) is 1.11. The number of rotatable bonds is 5. The fourth-order valence-electron chi connectivity index (χ4n) is 3.08. The maximum Gasteiger partial charge on any atom is 0.276 e. The Kier molecular flexibility index (Phi) is 4.35. The summed E-state index contributed by atoms with van der Waals surface area (Å²) >= 11 is 0. The zero-order valence-corrected chi connectivity index (χ0v) is 14.3. The van der Waals surface area contributed by atoms with Crippen molar-refractivity contribution in [2.45, 2.75) is 18.9 Å². The number of aromatic nitrogens is 3. The topological polar surface area (TPSA) is 81.3 Å². The molecule has 0 N–H and O–H groups in total. The fourth-order valence-corrected chi connectivity index (χ4v) is 3.08. The largest absolute Gasteiger partial charge is 0.497 e. The van der Waals surface area contributed by atoms with Crippen molar-refractivity contribution in [1.82, 2.24) is 20.0 Å². The predicted octanol–water partition coefficient (Wildman–Crippen LogP) is 2.66. The van der Waals surface area contributed by atoms with Crippen molar-refractivity contribution in [3.05, 3.63) is 60.0 Å². The lowest BCUT2D eigenvalue weighted by Crippen LogP contribution is -2.24. The van der Waals surface area contributed by atoms with Gasteiger partial charge >= 0.3 is 0 Å². The summed E-state index contributed by atoms with van der Waals surface area (Å²) in [6.07, 6.45) is 2.05. The van der Waals surface area contributed by atoms with Crippen LogP contribution in [-0.4, -0.2) is 39.6 Å². The molecule has 1 aliphatic rings. The van der Waals surface area contributed by atoms with E-state index in [0.29, 0.717) is 36.9 Å². The molecule has 1 fully saturated rings. The minimum atomic E-state index is -0.0747. The average Bonchev–Trinajstić information content (AvgIpc) is 3.30. The van der Waals surface area contributed by atoms with Crippen LogP contribution >= 0.6 is 0 Å². The molecule has 7 nitrogen and oxygen atoms in total. The summed E-state index contributed by atoms with van der Waals surface area (Å²) in [5.41, 5.74) is 1.66. The van der Waals surface area contributed by atoms with E-state index in [9.17, 15) is 4.79 Å². The minimum Gasteiger partial charge on any atom is -0.497 e. The molecule has 0 radical (unpaired) electrons. The first-order valence-corrected chi connectivity index (χ1v) is 8.38. The number of carbonyl (C=O) groups is 1. The number of methoxy groups -OCH3 is 1. The number of hydrogen-bond donors (Lipinski definition) is 0. The first-order chi connectivity index (χ1) is 12.7. The number of carbonyl (C=O) groups excluding carboxylic acids is 1. The Hall–Kier alpha value is -3.22. The Morgan fingerprint density at radius 1 is 1.27 bits per heavy atom. The second kappa shape index (κ2) is 6.95. The van der Waals surface area contributed by atoms with Crippen LogP contribution in [0, 0.1) is 0 Å². The van der Waals surface area contributed by atoms with Gasteiger partial charge in [0.1, 0.15) is 11.4 Å². The summed E-state index contributed by atoms with van der Waals surface area (Å²) in [5.74, 6) is 1.71. The Bertz CT molecular complexity index is 910. The molecule has 1 amide bonds. The third-order valence-electron chi connectivity index (χ3n) is 4.41. The second-order valence-corrected chi connectivity index (χ2v) is 6.20. The van der Waals surface area contributed by atoms with Gasteiger partial charge in [0, 0.05) is 31.6 Å². The molecule has 0 spiro atoms. The van der Waals surface area contributed by atoms with Gasteiger partial charge in [0.2, 0.25) is 5.91 Å². The first-order valence-electron chi connectivity index (χ1n) is 8.38. The van der Waals surface area contributed by atoms with Crippen LogP contribution in [0.4, 0.5) is 0 Å². The summed E-state index contributed by atoms with van der Waals surface area (Å²) < 4.78 is 10.6. The molecule has 26 heavy (non-hydrogen) atoms. The van der Waals surface area contributed by atoms with E-state index in [0.717, 1.165) is 11.3 Å². The van der Waals surface area contributed by atoms with Crippen molar-refractivity contribution in [3.63, 3.8) is 0 Å². The van der Waals surface area contributed by atoms with E-state index in [1.165, 1.54) is 0 Å². The second-order valence-electron chi connectivity index (χ2n) is 6.20. The molecule has 3 aromatic rings. The van der Waals surface area contributed by atoms with Crippen LogP contribution in [0.5, 0.6) is 5.75 Å². The van der Waals surface area contributed by atoms with Crippen LogP contribution in [0.1, 0.15) is 23.7 Å². The lowest BCUT2D eigenvalue weighted by atomic mass is 10.1. The summed E-state index contributed by atoms with van der Waals surface area (Å²) in [7, 11) is 1.63. The lowest BCUT2D eigenvalue weighted by molar-refractivity contribution is -0.128. The van der Waals surface area contributed by atoms with E-state index in [1.54, 1.807) is 13.3 Å². The molecule has 0 aliphatic carbocycles. The van der Waals surface area contributed by atoms with Gasteiger partial charge in [0.25, 0.3) is 5.89 Å². The fraction of sp³-hybridized carbons (Fsp3) is 0.263. The molecule has 1 aromatic carbocycles. The highest BCUT2D eigenvalue weighted by molar-refractivity contribution is 5.79. The molecule has 1 aliphatic heterocycles. The average molecular weight is 350 g/mol. The molecule has 0 bridgehead atoms. The van der Waals surface area contributed by atoms with Gasteiger partial charge in [-0.2, -0.15) is 4.98 Å². The number of likely N-dealkylation sites (tertiary alicyclic amines) is 1. The van der Waals surface area contributed by atoms with Crippen molar-refractivity contribution >= 4 is 5.91 Å². The van der Waals surface area contributed by atoms with Crippen molar-refractivity contribution in [2.24, 2.45) is 0 Å². The molecule has 4 rings (SSSR count). The molecule has 1 atom stereocenters. The molecular weight excluding hydrogens is 332 g/mol. The number of pyridine rings is 1. The highest BCUT2D eigenvalue weighted by atomic mass is 16.5. The summed E-state index contributed by atoms with van der Waals surface area (Å²) in [4.78, 5) is 22.8. The summed E-state index contributed by atoms with van der Waals surface area (Å²) in [5, 5.41) is 4.05. The molecule has 132 valence electrons. The Morgan fingerprint density at radius 3 is 3.00 bits per heavy atom. The van der Waals surface area contributed by atoms with Crippen molar-refractivity contribution < 1.29 is 14.1 Å². The monoisotopic (exact) mass is 350 g/mol. The van der Waals surface area contributed by atoms with Gasteiger partial charge in [-0.25, -0.2) is 0 Å². The quantitative estimate of drug-likeness (QED) is 0.704. The van der Waals surface area contributed by atoms with Crippen LogP contribution in [0.2, 0.25) is 0 Å². The van der Waals surface area contributed by atoms with E-state index in [2.05, 4.69) is 15.1 Å². The number of hydrogen-bond acceptors (Lipinski definition) is 6. The smallest absolute Gasteiger partial charge is 0.276 e. The van der Waals surface area contributed by atoms with E-state index < -0.39 is 0 Å². The van der Waals surface area contributed by atoms with Gasteiger partial charge in [-0.05, 0) is 29.8 Å². The Labute approximate surface area is 150 Å². The van der Waals surface area contributed by atoms with Gasteiger partial charge in [-0.15, -0.1) is 0 Å². The molecule has 1 saturated heterocycles. The minimum absolute atomic E-state index is 0.0747. The SMILES string of the molecule is COc1cccc(CN2CC(c3noc(-c4ccccn4)n3)CC2=O)c1. The van der Waals surface area contributed by atoms with Gasteiger partial charge in [-0.3, -0.25) is 9.78 Å². The van der Waals surface area contributed by atoms with Crippen LogP contribution in [0.3, 0.4) is 0 Å².